The van der Waals surface area contributed by atoms with Gasteiger partial charge in [0.25, 0.3) is 11.8 Å². The number of carbonyl (C=O) groups excluding carboxylic acids is 2. The number of amides is 2. The molecule has 2 aliphatic rings. The lowest BCUT2D eigenvalue weighted by Gasteiger charge is -2.26. The molecule has 2 aliphatic heterocycles. The molecule has 2 heterocycles. The molecule has 1 fully saturated rings. The zero-order valence-corrected chi connectivity index (χ0v) is 14.6. The molecule has 0 saturated carbocycles. The van der Waals surface area contributed by atoms with Crippen molar-refractivity contribution >= 4 is 11.8 Å². The van der Waals surface area contributed by atoms with E-state index in [4.69, 9.17) is 4.74 Å². The predicted octanol–water partition coefficient (Wildman–Crippen LogP) is 2.57. The molecule has 1 unspecified atom stereocenters. The molecule has 4 rings (SSSR count). The van der Waals surface area contributed by atoms with E-state index in [0.29, 0.717) is 30.8 Å². The van der Waals surface area contributed by atoms with Crippen LogP contribution in [0.1, 0.15) is 32.7 Å². The number of ether oxygens (including phenoxy) is 1. The van der Waals surface area contributed by atoms with Crippen molar-refractivity contribution in [2.24, 2.45) is 0 Å². The summed E-state index contributed by atoms with van der Waals surface area (Å²) in [6.45, 7) is 3.47. The van der Waals surface area contributed by atoms with Crippen LogP contribution in [0.3, 0.4) is 0 Å². The van der Waals surface area contributed by atoms with Crippen LogP contribution in [-0.4, -0.2) is 54.0 Å². The van der Waals surface area contributed by atoms with Gasteiger partial charge in [-0.25, -0.2) is 0 Å². The van der Waals surface area contributed by atoms with E-state index in [-0.39, 0.29) is 17.9 Å². The second-order valence-corrected chi connectivity index (χ2v) is 6.83. The van der Waals surface area contributed by atoms with Crippen LogP contribution in [0.5, 0.6) is 0 Å². The summed E-state index contributed by atoms with van der Waals surface area (Å²) in [5, 5.41) is 0. The minimum Gasteiger partial charge on any atom is -0.375 e. The van der Waals surface area contributed by atoms with Gasteiger partial charge in [-0.2, -0.15) is 0 Å². The van der Waals surface area contributed by atoms with Crippen molar-refractivity contribution in [2.45, 2.75) is 19.1 Å². The lowest BCUT2D eigenvalue weighted by molar-refractivity contribution is 0.0242. The Bertz CT molecular complexity index is 771. The van der Waals surface area contributed by atoms with Gasteiger partial charge in [0.05, 0.1) is 23.8 Å². The van der Waals surface area contributed by atoms with Gasteiger partial charge in [-0.05, 0) is 24.1 Å². The van der Waals surface area contributed by atoms with E-state index >= 15 is 0 Å². The van der Waals surface area contributed by atoms with Crippen LogP contribution in [0.15, 0.2) is 54.6 Å². The summed E-state index contributed by atoms with van der Waals surface area (Å²) in [5.74, 6) is -0.430. The molecule has 26 heavy (non-hydrogen) atoms. The summed E-state index contributed by atoms with van der Waals surface area (Å²) >= 11 is 0. The Morgan fingerprint density at radius 3 is 2.27 bits per heavy atom. The van der Waals surface area contributed by atoms with E-state index in [9.17, 15) is 9.59 Å². The molecule has 1 saturated heterocycles. The van der Waals surface area contributed by atoms with E-state index in [1.807, 2.05) is 18.2 Å². The molecule has 2 amide bonds. The zero-order valence-electron chi connectivity index (χ0n) is 14.6. The third-order valence-corrected chi connectivity index (χ3v) is 4.95. The molecule has 0 aliphatic carbocycles. The van der Waals surface area contributed by atoms with Crippen LogP contribution in [-0.2, 0) is 11.3 Å². The number of carbonyl (C=O) groups is 2. The Hall–Kier alpha value is -2.50. The summed E-state index contributed by atoms with van der Waals surface area (Å²) in [5.41, 5.74) is 2.24. The standard InChI is InChI=1S/C21H22N2O3/c24-20-18-9-4-5-10-19(18)21(25)23(20)15-17-14-22(11-6-12-26-17)13-16-7-2-1-3-8-16/h1-5,7-10,17H,6,11-15H2. The van der Waals surface area contributed by atoms with Gasteiger partial charge in [-0.3, -0.25) is 19.4 Å². The van der Waals surface area contributed by atoms with Crippen LogP contribution in [0.4, 0.5) is 0 Å². The average molecular weight is 350 g/mol. The first-order valence-corrected chi connectivity index (χ1v) is 9.05. The SMILES string of the molecule is O=C1c2ccccc2C(=O)N1CC1CN(Cc2ccccc2)CCCO1. The van der Waals surface area contributed by atoms with E-state index in [0.717, 1.165) is 19.5 Å². The highest BCUT2D eigenvalue weighted by Crippen LogP contribution is 2.23. The zero-order chi connectivity index (χ0) is 17.9. The van der Waals surface area contributed by atoms with E-state index in [1.54, 1.807) is 24.3 Å². The monoisotopic (exact) mass is 350 g/mol. The number of hydrogen-bond acceptors (Lipinski definition) is 4. The summed E-state index contributed by atoms with van der Waals surface area (Å²) in [7, 11) is 0. The number of nitrogens with zero attached hydrogens (tertiary/aromatic N) is 2. The van der Waals surface area contributed by atoms with Crippen LogP contribution in [0.2, 0.25) is 0 Å². The van der Waals surface area contributed by atoms with E-state index in [2.05, 4.69) is 17.0 Å². The molecule has 2 aromatic rings. The fraction of sp³-hybridized carbons (Fsp3) is 0.333. The van der Waals surface area contributed by atoms with Crippen molar-refractivity contribution in [3.8, 4) is 0 Å². The molecule has 0 N–H and O–H groups in total. The van der Waals surface area contributed by atoms with Gasteiger partial charge in [-0.1, -0.05) is 42.5 Å². The van der Waals surface area contributed by atoms with Gasteiger partial charge >= 0.3 is 0 Å². The van der Waals surface area contributed by atoms with Crippen LogP contribution in [0.25, 0.3) is 0 Å². The minimum absolute atomic E-state index is 0.163. The van der Waals surface area contributed by atoms with Crippen molar-refractivity contribution < 1.29 is 14.3 Å². The van der Waals surface area contributed by atoms with E-state index < -0.39 is 0 Å². The third-order valence-electron chi connectivity index (χ3n) is 4.95. The Balaban J connectivity index is 1.44. The molecule has 0 radical (unpaired) electrons. The van der Waals surface area contributed by atoms with Gasteiger partial charge < -0.3 is 4.74 Å². The molecule has 0 aromatic heterocycles. The molecule has 2 aromatic carbocycles. The highest BCUT2D eigenvalue weighted by Gasteiger charge is 2.37. The Labute approximate surface area is 153 Å². The maximum absolute atomic E-state index is 12.6. The maximum Gasteiger partial charge on any atom is 0.261 e. The number of benzene rings is 2. The Morgan fingerprint density at radius 1 is 0.923 bits per heavy atom. The van der Waals surface area contributed by atoms with Gasteiger partial charge in [0.1, 0.15) is 0 Å². The smallest absolute Gasteiger partial charge is 0.261 e. The second-order valence-electron chi connectivity index (χ2n) is 6.83. The Kier molecular flexibility index (Phi) is 4.82. The lowest BCUT2D eigenvalue weighted by atomic mass is 10.1. The maximum atomic E-state index is 12.6. The largest absolute Gasteiger partial charge is 0.375 e. The van der Waals surface area contributed by atoms with Crippen molar-refractivity contribution in [2.75, 3.05) is 26.2 Å². The number of fused-ring (bicyclic) bond motifs is 1. The van der Waals surface area contributed by atoms with Gasteiger partial charge in [-0.15, -0.1) is 0 Å². The molecular weight excluding hydrogens is 328 g/mol. The quantitative estimate of drug-likeness (QED) is 0.796. The molecule has 134 valence electrons. The van der Waals surface area contributed by atoms with Crippen molar-refractivity contribution in [3.05, 3.63) is 71.3 Å². The number of hydrogen-bond donors (Lipinski definition) is 0. The average Bonchev–Trinajstić information content (AvgIpc) is 2.82. The molecular formula is C21H22N2O3. The summed E-state index contributed by atoms with van der Waals surface area (Å²) in [6, 6.07) is 17.3. The van der Waals surface area contributed by atoms with Crippen molar-refractivity contribution in [1.82, 2.24) is 9.80 Å². The summed E-state index contributed by atoms with van der Waals surface area (Å²) in [6.07, 6.45) is 0.786. The third kappa shape index (κ3) is 3.41. The molecule has 0 spiro atoms. The molecule has 0 bridgehead atoms. The molecule has 1 atom stereocenters. The lowest BCUT2D eigenvalue weighted by Crippen LogP contribution is -2.42. The topological polar surface area (TPSA) is 49.9 Å². The first-order valence-electron chi connectivity index (χ1n) is 9.05. The fourth-order valence-corrected chi connectivity index (χ4v) is 3.67. The van der Waals surface area contributed by atoms with Crippen LogP contribution >= 0.6 is 0 Å². The molecule has 5 nitrogen and oxygen atoms in total. The van der Waals surface area contributed by atoms with Gasteiger partial charge in [0.15, 0.2) is 0 Å². The van der Waals surface area contributed by atoms with Crippen LogP contribution in [0, 0.1) is 0 Å². The van der Waals surface area contributed by atoms with Crippen molar-refractivity contribution in [3.63, 3.8) is 0 Å². The van der Waals surface area contributed by atoms with Crippen molar-refractivity contribution in [1.29, 1.82) is 0 Å². The molecule has 5 heteroatoms. The van der Waals surface area contributed by atoms with Crippen LogP contribution < -0.4 is 0 Å². The normalized spacial score (nSPS) is 20.9. The first-order chi connectivity index (χ1) is 12.7. The number of rotatable bonds is 4. The summed E-state index contributed by atoms with van der Waals surface area (Å²) < 4.78 is 5.94. The second kappa shape index (κ2) is 7.40. The fourth-order valence-electron chi connectivity index (χ4n) is 3.67. The predicted molar refractivity (Wildman–Crippen MR) is 97.9 cm³/mol. The highest BCUT2D eigenvalue weighted by atomic mass is 16.5. The van der Waals surface area contributed by atoms with Gasteiger partial charge in [0.2, 0.25) is 0 Å². The van der Waals surface area contributed by atoms with Gasteiger partial charge in [0, 0.05) is 26.2 Å². The number of imide groups is 1. The highest BCUT2D eigenvalue weighted by molar-refractivity contribution is 6.21. The first kappa shape index (κ1) is 16.9. The summed E-state index contributed by atoms with van der Waals surface area (Å²) in [4.78, 5) is 28.8. The minimum atomic E-state index is -0.215. The Morgan fingerprint density at radius 2 is 1.58 bits per heavy atom. The van der Waals surface area contributed by atoms with E-state index in [1.165, 1.54) is 10.5 Å².